The van der Waals surface area contributed by atoms with E-state index in [9.17, 15) is 4.79 Å². The zero-order valence-corrected chi connectivity index (χ0v) is 9.65. The van der Waals surface area contributed by atoms with E-state index >= 15 is 0 Å². The minimum Gasteiger partial charge on any atom is -0.466 e. The molecule has 2 nitrogen and oxygen atoms in total. The molecule has 0 unspecified atom stereocenters. The molecule has 3 heteroatoms. The molecule has 0 spiro atoms. The van der Waals surface area contributed by atoms with Crippen molar-refractivity contribution in [1.82, 2.24) is 0 Å². The molecule has 13 heavy (non-hydrogen) atoms. The summed E-state index contributed by atoms with van der Waals surface area (Å²) in [6.45, 7) is 6.93. The molecule has 0 N–H and O–H groups in total. The molecule has 0 amide bonds. The van der Waals surface area contributed by atoms with E-state index in [0.29, 0.717) is 18.3 Å². The monoisotopic (exact) mass is 204 g/mol. The zero-order valence-electron chi connectivity index (χ0n) is 8.84. The quantitative estimate of drug-likeness (QED) is 0.471. The standard InChI is InChI=1S/C10H20O2S/c1-4-5-7-12-10(11)6-8-13-9(2)3/h9H,4-8H2,1-3H3. The Morgan fingerprint density at radius 3 is 2.69 bits per heavy atom. The Labute approximate surface area is 85.4 Å². The molecule has 0 aromatic heterocycles. The van der Waals surface area contributed by atoms with Crippen LogP contribution in [0, 0.1) is 0 Å². The van der Waals surface area contributed by atoms with Crippen LogP contribution in [0.1, 0.15) is 40.0 Å². The van der Waals surface area contributed by atoms with Crippen molar-refractivity contribution in [3.63, 3.8) is 0 Å². The number of hydrogen-bond donors (Lipinski definition) is 0. The van der Waals surface area contributed by atoms with E-state index in [1.165, 1.54) is 0 Å². The third-order valence-corrected chi connectivity index (χ3v) is 2.62. The largest absolute Gasteiger partial charge is 0.466 e. The van der Waals surface area contributed by atoms with Gasteiger partial charge in [0, 0.05) is 5.75 Å². The van der Waals surface area contributed by atoms with E-state index in [0.717, 1.165) is 18.6 Å². The highest BCUT2D eigenvalue weighted by molar-refractivity contribution is 7.99. The molecule has 0 fully saturated rings. The first-order chi connectivity index (χ1) is 6.16. The average molecular weight is 204 g/mol. The molecule has 0 aliphatic rings. The fraction of sp³-hybridized carbons (Fsp3) is 0.900. The summed E-state index contributed by atoms with van der Waals surface area (Å²) in [5, 5.41) is 0.600. The Morgan fingerprint density at radius 2 is 2.15 bits per heavy atom. The second kappa shape index (κ2) is 8.42. The van der Waals surface area contributed by atoms with Crippen molar-refractivity contribution in [2.45, 2.75) is 45.3 Å². The molecule has 0 atom stereocenters. The molecule has 0 aromatic rings. The first-order valence-electron chi connectivity index (χ1n) is 4.94. The number of esters is 1. The summed E-state index contributed by atoms with van der Waals surface area (Å²) in [4.78, 5) is 11.1. The molecule has 0 saturated carbocycles. The minimum absolute atomic E-state index is 0.0541. The normalized spacial score (nSPS) is 10.5. The molecule has 0 heterocycles. The van der Waals surface area contributed by atoms with Crippen LogP contribution >= 0.6 is 11.8 Å². The fourth-order valence-electron chi connectivity index (χ4n) is 0.780. The van der Waals surface area contributed by atoms with Crippen molar-refractivity contribution >= 4 is 17.7 Å². The maximum Gasteiger partial charge on any atom is 0.306 e. The number of unbranched alkanes of at least 4 members (excludes halogenated alkanes) is 1. The topological polar surface area (TPSA) is 26.3 Å². The Hall–Kier alpha value is -0.180. The Bertz CT molecular complexity index is 135. The molecular formula is C10H20O2S. The van der Waals surface area contributed by atoms with Crippen LogP contribution in [0.4, 0.5) is 0 Å². The van der Waals surface area contributed by atoms with Crippen molar-refractivity contribution < 1.29 is 9.53 Å². The van der Waals surface area contributed by atoms with Crippen LogP contribution in [0.5, 0.6) is 0 Å². The van der Waals surface area contributed by atoms with Gasteiger partial charge in [-0.15, -0.1) is 0 Å². The number of thioether (sulfide) groups is 1. The summed E-state index contributed by atoms with van der Waals surface area (Å²) in [7, 11) is 0. The van der Waals surface area contributed by atoms with Gasteiger partial charge in [0.25, 0.3) is 0 Å². The zero-order chi connectivity index (χ0) is 10.1. The SMILES string of the molecule is CCCCOC(=O)CCSC(C)C. The highest BCUT2D eigenvalue weighted by Gasteiger charge is 2.02. The smallest absolute Gasteiger partial charge is 0.306 e. The van der Waals surface area contributed by atoms with E-state index in [2.05, 4.69) is 20.8 Å². The molecule has 0 radical (unpaired) electrons. The van der Waals surface area contributed by atoms with Crippen LogP contribution in [-0.4, -0.2) is 23.6 Å². The maximum atomic E-state index is 11.1. The van der Waals surface area contributed by atoms with Crippen molar-refractivity contribution in [3.05, 3.63) is 0 Å². The van der Waals surface area contributed by atoms with Gasteiger partial charge in [-0.1, -0.05) is 27.2 Å². The highest BCUT2D eigenvalue weighted by atomic mass is 32.2. The predicted molar refractivity (Wildman–Crippen MR) is 58.1 cm³/mol. The summed E-state index contributed by atoms with van der Waals surface area (Å²) in [6.07, 6.45) is 2.60. The van der Waals surface area contributed by atoms with E-state index in [1.807, 2.05) is 0 Å². The third kappa shape index (κ3) is 9.74. The molecule has 0 saturated heterocycles. The lowest BCUT2D eigenvalue weighted by atomic mass is 10.4. The Balaban J connectivity index is 3.20. The van der Waals surface area contributed by atoms with E-state index in [4.69, 9.17) is 4.74 Å². The summed E-state index contributed by atoms with van der Waals surface area (Å²) < 4.78 is 5.01. The second-order valence-electron chi connectivity index (χ2n) is 3.24. The van der Waals surface area contributed by atoms with Crippen LogP contribution in [0.25, 0.3) is 0 Å². The van der Waals surface area contributed by atoms with Gasteiger partial charge in [-0.2, -0.15) is 11.8 Å². The number of carbonyl (C=O) groups is 1. The molecule has 0 rings (SSSR count). The predicted octanol–water partition coefficient (Wildman–Crippen LogP) is 2.86. The van der Waals surface area contributed by atoms with Crippen molar-refractivity contribution in [1.29, 1.82) is 0 Å². The van der Waals surface area contributed by atoms with Crippen LogP contribution < -0.4 is 0 Å². The molecule has 0 aromatic carbocycles. The minimum atomic E-state index is -0.0541. The Kier molecular flexibility index (Phi) is 8.30. The van der Waals surface area contributed by atoms with E-state index in [1.54, 1.807) is 11.8 Å². The van der Waals surface area contributed by atoms with Gasteiger partial charge in [0.2, 0.25) is 0 Å². The molecule has 0 aliphatic heterocycles. The first-order valence-corrected chi connectivity index (χ1v) is 5.99. The van der Waals surface area contributed by atoms with Gasteiger partial charge >= 0.3 is 5.97 Å². The summed E-state index contributed by atoms with van der Waals surface area (Å²) in [5.74, 6) is 0.824. The summed E-state index contributed by atoms with van der Waals surface area (Å²) >= 11 is 1.80. The van der Waals surface area contributed by atoms with Gasteiger partial charge in [0.05, 0.1) is 13.0 Å². The third-order valence-electron chi connectivity index (χ3n) is 1.52. The van der Waals surface area contributed by atoms with Crippen LogP contribution in [0.3, 0.4) is 0 Å². The number of ether oxygens (including phenoxy) is 1. The number of carbonyl (C=O) groups excluding carboxylic acids is 1. The van der Waals surface area contributed by atoms with Crippen molar-refractivity contribution in [3.8, 4) is 0 Å². The fourth-order valence-corrected chi connectivity index (χ4v) is 1.54. The lowest BCUT2D eigenvalue weighted by Crippen LogP contribution is -2.07. The van der Waals surface area contributed by atoms with Crippen LogP contribution in [0.2, 0.25) is 0 Å². The number of rotatable bonds is 7. The Morgan fingerprint density at radius 1 is 1.46 bits per heavy atom. The molecule has 78 valence electrons. The van der Waals surface area contributed by atoms with Gasteiger partial charge in [-0.25, -0.2) is 0 Å². The van der Waals surface area contributed by atoms with Crippen LogP contribution in [-0.2, 0) is 9.53 Å². The van der Waals surface area contributed by atoms with Crippen molar-refractivity contribution in [2.75, 3.05) is 12.4 Å². The average Bonchev–Trinajstić information content (AvgIpc) is 2.04. The number of hydrogen-bond acceptors (Lipinski definition) is 3. The first kappa shape index (κ1) is 12.8. The van der Waals surface area contributed by atoms with E-state index < -0.39 is 0 Å². The van der Waals surface area contributed by atoms with Crippen LogP contribution in [0.15, 0.2) is 0 Å². The molecular weight excluding hydrogens is 184 g/mol. The van der Waals surface area contributed by atoms with Gasteiger partial charge in [0.15, 0.2) is 0 Å². The lowest BCUT2D eigenvalue weighted by molar-refractivity contribution is -0.143. The molecule has 0 aliphatic carbocycles. The van der Waals surface area contributed by atoms with Crippen molar-refractivity contribution in [2.24, 2.45) is 0 Å². The lowest BCUT2D eigenvalue weighted by Gasteiger charge is -2.05. The highest BCUT2D eigenvalue weighted by Crippen LogP contribution is 2.10. The van der Waals surface area contributed by atoms with Gasteiger partial charge < -0.3 is 4.74 Å². The van der Waals surface area contributed by atoms with Gasteiger partial charge in [-0.3, -0.25) is 4.79 Å². The summed E-state index contributed by atoms with van der Waals surface area (Å²) in [5.41, 5.74) is 0. The summed E-state index contributed by atoms with van der Waals surface area (Å²) in [6, 6.07) is 0. The maximum absolute atomic E-state index is 11.1. The van der Waals surface area contributed by atoms with E-state index in [-0.39, 0.29) is 5.97 Å². The molecule has 0 bridgehead atoms. The second-order valence-corrected chi connectivity index (χ2v) is 4.93. The van der Waals surface area contributed by atoms with Gasteiger partial charge in [0.1, 0.15) is 0 Å². The van der Waals surface area contributed by atoms with Gasteiger partial charge in [-0.05, 0) is 11.7 Å².